The fourth-order valence-corrected chi connectivity index (χ4v) is 1.86. The first-order valence-corrected chi connectivity index (χ1v) is 6.71. The van der Waals surface area contributed by atoms with Gasteiger partial charge in [-0.3, -0.25) is 4.79 Å². The van der Waals surface area contributed by atoms with E-state index < -0.39 is 0 Å². The smallest absolute Gasteiger partial charge is 0.314 e. The summed E-state index contributed by atoms with van der Waals surface area (Å²) in [6, 6.07) is 9.57. The minimum atomic E-state index is -0.336. The third-order valence-corrected chi connectivity index (χ3v) is 2.96. The van der Waals surface area contributed by atoms with Crippen molar-refractivity contribution in [3.63, 3.8) is 0 Å². The lowest BCUT2D eigenvalue weighted by Crippen LogP contribution is -2.24. The van der Waals surface area contributed by atoms with Crippen LogP contribution in [0.3, 0.4) is 0 Å². The van der Waals surface area contributed by atoms with Gasteiger partial charge in [0.2, 0.25) is 0 Å². The van der Waals surface area contributed by atoms with Gasteiger partial charge in [0.15, 0.2) is 0 Å². The maximum absolute atomic E-state index is 11.9. The van der Waals surface area contributed by atoms with Gasteiger partial charge in [-0.1, -0.05) is 56.5 Å². The number of carbonyl (C=O) groups excluding carboxylic acids is 1. The van der Waals surface area contributed by atoms with Gasteiger partial charge in [0.1, 0.15) is 0 Å². The first-order valence-electron chi connectivity index (χ1n) is 6.71. The minimum Gasteiger partial charge on any atom is -0.465 e. The predicted molar refractivity (Wildman–Crippen MR) is 73.3 cm³/mol. The lowest BCUT2D eigenvalue weighted by molar-refractivity contribution is -0.145. The summed E-state index contributed by atoms with van der Waals surface area (Å²) in [5.74, 6) is -0.544. The van der Waals surface area contributed by atoms with Crippen LogP contribution in [0.2, 0.25) is 0 Å². The number of hydrogen-bond donors (Lipinski definition) is 1. The second-order valence-corrected chi connectivity index (χ2v) is 4.43. The average molecular weight is 249 g/mol. The Labute approximate surface area is 109 Å². The van der Waals surface area contributed by atoms with E-state index in [0.717, 1.165) is 18.4 Å². The number of benzene rings is 1. The third-order valence-electron chi connectivity index (χ3n) is 2.96. The Balaban J connectivity index is 2.39. The molecule has 0 aliphatic rings. The lowest BCUT2D eigenvalue weighted by Gasteiger charge is -2.14. The zero-order valence-electron chi connectivity index (χ0n) is 11.1. The van der Waals surface area contributed by atoms with E-state index >= 15 is 0 Å². The fourth-order valence-electron chi connectivity index (χ4n) is 1.86. The van der Waals surface area contributed by atoms with Crippen LogP contribution >= 0.6 is 0 Å². The summed E-state index contributed by atoms with van der Waals surface area (Å²) in [6.45, 7) is 2.95. The highest BCUT2D eigenvalue weighted by atomic mass is 16.5. The molecule has 3 nitrogen and oxygen atoms in total. The van der Waals surface area contributed by atoms with Crippen molar-refractivity contribution in [1.29, 1.82) is 0 Å². The zero-order chi connectivity index (χ0) is 13.2. The second kappa shape index (κ2) is 8.70. The van der Waals surface area contributed by atoms with Crippen LogP contribution in [0.25, 0.3) is 0 Å². The molecule has 1 unspecified atom stereocenters. The van der Waals surface area contributed by atoms with Crippen molar-refractivity contribution in [3.05, 3.63) is 35.9 Å². The molecule has 0 heterocycles. The number of esters is 1. The molecule has 0 saturated carbocycles. The predicted octanol–water partition coefficient (Wildman–Crippen LogP) is 2.85. The summed E-state index contributed by atoms with van der Waals surface area (Å²) in [5.41, 5.74) is 6.59. The Kier molecular flexibility index (Phi) is 7.11. The van der Waals surface area contributed by atoms with Gasteiger partial charge in [-0.2, -0.15) is 0 Å². The summed E-state index contributed by atoms with van der Waals surface area (Å²) in [7, 11) is 0. The molecule has 0 aromatic heterocycles. The third kappa shape index (κ3) is 4.88. The van der Waals surface area contributed by atoms with E-state index in [1.165, 1.54) is 12.8 Å². The monoisotopic (exact) mass is 249 g/mol. The Morgan fingerprint density at radius 2 is 1.94 bits per heavy atom. The van der Waals surface area contributed by atoms with Gasteiger partial charge in [0.05, 0.1) is 12.5 Å². The Hall–Kier alpha value is -1.35. The lowest BCUT2D eigenvalue weighted by atomic mass is 10.00. The van der Waals surface area contributed by atoms with Crippen molar-refractivity contribution in [2.45, 2.75) is 38.5 Å². The molecule has 0 aliphatic heterocycles. The van der Waals surface area contributed by atoms with Gasteiger partial charge in [0, 0.05) is 6.54 Å². The fraction of sp³-hybridized carbons (Fsp3) is 0.533. The summed E-state index contributed by atoms with van der Waals surface area (Å²) in [6.07, 6.45) is 4.42. The molecule has 100 valence electrons. The first kappa shape index (κ1) is 14.7. The highest BCUT2D eigenvalue weighted by molar-refractivity contribution is 5.78. The van der Waals surface area contributed by atoms with Crippen LogP contribution in [0.15, 0.2) is 30.3 Å². The van der Waals surface area contributed by atoms with Crippen LogP contribution in [0, 0.1) is 0 Å². The number of unbranched alkanes of at least 4 members (excludes halogenated alkanes) is 3. The standard InChI is InChI=1S/C15H23NO2/c1-2-3-4-8-11-18-15(17)14(12-16)13-9-6-5-7-10-13/h5-7,9-10,14H,2-4,8,11-12,16H2,1H3. The molecule has 0 fully saturated rings. The first-order chi connectivity index (χ1) is 8.79. The maximum atomic E-state index is 11.9. The van der Waals surface area contributed by atoms with Gasteiger partial charge >= 0.3 is 5.97 Å². The van der Waals surface area contributed by atoms with Crippen LogP contribution in [0.5, 0.6) is 0 Å². The number of carbonyl (C=O) groups is 1. The van der Waals surface area contributed by atoms with Crippen LogP contribution in [-0.2, 0) is 9.53 Å². The van der Waals surface area contributed by atoms with E-state index in [0.29, 0.717) is 6.61 Å². The molecule has 3 heteroatoms. The Morgan fingerprint density at radius 1 is 1.22 bits per heavy atom. The largest absolute Gasteiger partial charge is 0.465 e. The minimum absolute atomic E-state index is 0.208. The molecular formula is C15H23NO2. The molecule has 1 aromatic rings. The van der Waals surface area contributed by atoms with Gasteiger partial charge in [0.25, 0.3) is 0 Å². The number of rotatable bonds is 8. The highest BCUT2D eigenvalue weighted by Gasteiger charge is 2.19. The molecule has 0 saturated heterocycles. The van der Waals surface area contributed by atoms with Crippen LogP contribution in [-0.4, -0.2) is 19.1 Å². The number of nitrogens with two attached hydrogens (primary N) is 1. The molecule has 1 aromatic carbocycles. The normalized spacial score (nSPS) is 12.1. The van der Waals surface area contributed by atoms with Crippen LogP contribution < -0.4 is 5.73 Å². The summed E-state index contributed by atoms with van der Waals surface area (Å²) in [5, 5.41) is 0. The van der Waals surface area contributed by atoms with Gasteiger partial charge in [-0.25, -0.2) is 0 Å². The van der Waals surface area contributed by atoms with E-state index in [9.17, 15) is 4.79 Å². The topological polar surface area (TPSA) is 52.3 Å². The molecule has 0 aliphatic carbocycles. The van der Waals surface area contributed by atoms with E-state index in [4.69, 9.17) is 10.5 Å². The van der Waals surface area contributed by atoms with Gasteiger partial charge in [-0.15, -0.1) is 0 Å². The quantitative estimate of drug-likeness (QED) is 0.569. The highest BCUT2D eigenvalue weighted by Crippen LogP contribution is 2.16. The average Bonchev–Trinajstić information content (AvgIpc) is 2.40. The van der Waals surface area contributed by atoms with Crippen molar-refractivity contribution < 1.29 is 9.53 Å². The Morgan fingerprint density at radius 3 is 2.56 bits per heavy atom. The molecule has 0 amide bonds. The second-order valence-electron chi connectivity index (χ2n) is 4.43. The van der Waals surface area contributed by atoms with Crippen LogP contribution in [0.1, 0.15) is 44.1 Å². The maximum Gasteiger partial charge on any atom is 0.314 e. The van der Waals surface area contributed by atoms with Crippen molar-refractivity contribution in [1.82, 2.24) is 0 Å². The summed E-state index contributed by atoms with van der Waals surface area (Å²) >= 11 is 0. The molecule has 0 bridgehead atoms. The SMILES string of the molecule is CCCCCCOC(=O)C(CN)c1ccccc1. The van der Waals surface area contributed by atoms with E-state index in [1.54, 1.807) is 0 Å². The van der Waals surface area contributed by atoms with Crippen molar-refractivity contribution in [2.75, 3.05) is 13.2 Å². The molecule has 0 radical (unpaired) electrons. The molecule has 2 N–H and O–H groups in total. The molecular weight excluding hydrogens is 226 g/mol. The summed E-state index contributed by atoms with van der Waals surface area (Å²) in [4.78, 5) is 11.9. The summed E-state index contributed by atoms with van der Waals surface area (Å²) < 4.78 is 5.28. The van der Waals surface area contributed by atoms with Crippen molar-refractivity contribution in [3.8, 4) is 0 Å². The van der Waals surface area contributed by atoms with E-state index in [1.807, 2.05) is 30.3 Å². The Bertz CT molecular complexity index is 338. The molecule has 18 heavy (non-hydrogen) atoms. The van der Waals surface area contributed by atoms with Gasteiger partial charge < -0.3 is 10.5 Å². The molecule has 1 atom stereocenters. The van der Waals surface area contributed by atoms with Crippen molar-refractivity contribution in [2.24, 2.45) is 5.73 Å². The molecule has 0 spiro atoms. The van der Waals surface area contributed by atoms with Crippen molar-refractivity contribution >= 4 is 5.97 Å². The van der Waals surface area contributed by atoms with E-state index in [-0.39, 0.29) is 18.4 Å². The molecule has 1 rings (SSSR count). The van der Waals surface area contributed by atoms with E-state index in [2.05, 4.69) is 6.92 Å². The number of hydrogen-bond acceptors (Lipinski definition) is 3. The van der Waals surface area contributed by atoms with Crippen LogP contribution in [0.4, 0.5) is 0 Å². The van der Waals surface area contributed by atoms with Gasteiger partial charge in [-0.05, 0) is 12.0 Å². The number of ether oxygens (including phenoxy) is 1. The zero-order valence-corrected chi connectivity index (χ0v) is 11.1.